The first-order valence-corrected chi connectivity index (χ1v) is 8.47. The molecule has 1 aromatic carbocycles. The second kappa shape index (κ2) is 7.25. The van der Waals surface area contributed by atoms with Crippen molar-refractivity contribution in [3.8, 4) is 0 Å². The Morgan fingerprint density at radius 3 is 2.65 bits per heavy atom. The maximum atomic E-state index is 6.11. The van der Waals surface area contributed by atoms with Gasteiger partial charge in [-0.3, -0.25) is 4.90 Å². The van der Waals surface area contributed by atoms with Gasteiger partial charge < -0.3 is 5.73 Å². The molecule has 1 aromatic heterocycles. The fraction of sp³-hybridized carbons (Fsp3) is 0.286. The number of thiophene rings is 1. The molecule has 0 aliphatic heterocycles. The number of halogens is 3. The molecule has 1 unspecified atom stereocenters. The van der Waals surface area contributed by atoms with E-state index in [9.17, 15) is 0 Å². The highest BCUT2D eigenvalue weighted by molar-refractivity contribution is 9.10. The van der Waals surface area contributed by atoms with Gasteiger partial charge in [-0.05, 0) is 46.7 Å². The summed E-state index contributed by atoms with van der Waals surface area (Å²) in [4.78, 5) is 3.37. The summed E-state index contributed by atoms with van der Waals surface area (Å²) < 4.78 is 1.68. The van der Waals surface area contributed by atoms with Gasteiger partial charge in [-0.1, -0.05) is 35.3 Å². The highest BCUT2D eigenvalue weighted by Crippen LogP contribution is 2.36. The Kier molecular flexibility index (Phi) is 5.90. The lowest BCUT2D eigenvalue weighted by molar-refractivity contribution is 0.245. The highest BCUT2D eigenvalue weighted by atomic mass is 79.9. The van der Waals surface area contributed by atoms with Crippen molar-refractivity contribution in [2.45, 2.75) is 12.6 Å². The van der Waals surface area contributed by atoms with E-state index in [0.717, 1.165) is 25.3 Å². The normalized spacial score (nSPS) is 12.9. The molecule has 20 heavy (non-hydrogen) atoms. The van der Waals surface area contributed by atoms with Crippen LogP contribution in [-0.4, -0.2) is 18.5 Å². The largest absolute Gasteiger partial charge is 0.329 e. The fourth-order valence-electron chi connectivity index (χ4n) is 2.07. The molecule has 0 saturated carbocycles. The predicted molar refractivity (Wildman–Crippen MR) is 91.7 cm³/mol. The number of rotatable bonds is 5. The maximum absolute atomic E-state index is 6.11. The Bertz CT molecular complexity index is 569. The number of hydrogen-bond acceptors (Lipinski definition) is 3. The molecule has 0 aliphatic carbocycles. The molecule has 2 aromatic rings. The van der Waals surface area contributed by atoms with E-state index < -0.39 is 0 Å². The molecule has 0 amide bonds. The summed E-state index contributed by atoms with van der Waals surface area (Å²) in [7, 11) is 2.06. The van der Waals surface area contributed by atoms with Gasteiger partial charge in [0.15, 0.2) is 0 Å². The zero-order valence-electron chi connectivity index (χ0n) is 10.9. The van der Waals surface area contributed by atoms with Gasteiger partial charge in [0.25, 0.3) is 0 Å². The van der Waals surface area contributed by atoms with Crippen LogP contribution >= 0.6 is 50.5 Å². The van der Waals surface area contributed by atoms with Crippen LogP contribution < -0.4 is 5.73 Å². The van der Waals surface area contributed by atoms with Gasteiger partial charge in [0.2, 0.25) is 0 Å². The van der Waals surface area contributed by atoms with Crippen molar-refractivity contribution in [2.75, 3.05) is 13.6 Å². The number of hydrogen-bond donors (Lipinski definition) is 1. The Balaban J connectivity index is 2.15. The lowest BCUT2D eigenvalue weighted by atomic mass is 10.1. The molecule has 2 N–H and O–H groups in total. The van der Waals surface area contributed by atoms with Crippen LogP contribution in [0.1, 0.15) is 16.5 Å². The van der Waals surface area contributed by atoms with E-state index >= 15 is 0 Å². The number of likely N-dealkylation sites (N-methyl/N-ethyl adjacent to an activating group) is 1. The molecule has 1 atom stereocenters. The first-order chi connectivity index (χ1) is 9.51. The third-order valence-electron chi connectivity index (χ3n) is 3.07. The van der Waals surface area contributed by atoms with E-state index in [1.165, 1.54) is 5.56 Å². The molecule has 2 nitrogen and oxygen atoms in total. The zero-order valence-corrected chi connectivity index (χ0v) is 14.9. The van der Waals surface area contributed by atoms with E-state index in [2.05, 4.69) is 33.9 Å². The summed E-state index contributed by atoms with van der Waals surface area (Å²) in [6, 6.07) is 10.1. The summed E-state index contributed by atoms with van der Waals surface area (Å²) in [5, 5.41) is 0.752. The third kappa shape index (κ3) is 3.97. The first-order valence-electron chi connectivity index (χ1n) is 6.10. The maximum Gasteiger partial charge on any atom is 0.107 e. The molecule has 0 spiro atoms. The first kappa shape index (κ1) is 16.3. The zero-order chi connectivity index (χ0) is 14.7. The lowest BCUT2D eigenvalue weighted by Gasteiger charge is -2.26. The van der Waals surface area contributed by atoms with E-state index in [-0.39, 0.29) is 6.04 Å². The highest BCUT2D eigenvalue weighted by Gasteiger charge is 2.19. The average molecular weight is 394 g/mol. The minimum atomic E-state index is 0.141. The number of benzene rings is 1. The van der Waals surface area contributed by atoms with Crippen LogP contribution in [0, 0.1) is 0 Å². The quantitative estimate of drug-likeness (QED) is 0.778. The monoisotopic (exact) mass is 392 g/mol. The van der Waals surface area contributed by atoms with Crippen molar-refractivity contribution >= 4 is 50.5 Å². The summed E-state index contributed by atoms with van der Waals surface area (Å²) in [5.74, 6) is 0. The fourth-order valence-corrected chi connectivity index (χ4v) is 4.20. The molecule has 0 radical (unpaired) electrons. The Hall–Kier alpha value is -0.100. The van der Waals surface area contributed by atoms with Crippen LogP contribution in [0.25, 0.3) is 0 Å². The van der Waals surface area contributed by atoms with Crippen molar-refractivity contribution in [3.63, 3.8) is 0 Å². The van der Waals surface area contributed by atoms with E-state index in [0.29, 0.717) is 6.54 Å². The third-order valence-corrected chi connectivity index (χ3v) is 5.88. The molecule has 0 fully saturated rings. The van der Waals surface area contributed by atoms with Crippen LogP contribution in [0.4, 0.5) is 0 Å². The van der Waals surface area contributed by atoms with Gasteiger partial charge in [0.05, 0.1) is 6.04 Å². The molecular formula is C14H15BrCl2N2S. The summed E-state index contributed by atoms with van der Waals surface area (Å²) in [6.07, 6.45) is 0. The van der Waals surface area contributed by atoms with Crippen molar-refractivity contribution < 1.29 is 0 Å². The predicted octanol–water partition coefficient (Wildman–Crippen LogP) is 4.95. The standard InChI is InChI=1S/C14H15BrCl2N2S/c1-19(8-9-3-2-4-10(16)5-9)12(7-18)13-6-11(15)14(17)20-13/h2-6,12H,7-8,18H2,1H3. The van der Waals surface area contributed by atoms with Gasteiger partial charge in [-0.2, -0.15) is 0 Å². The van der Waals surface area contributed by atoms with Gasteiger partial charge in [0.1, 0.15) is 4.34 Å². The second-order valence-electron chi connectivity index (χ2n) is 4.57. The van der Waals surface area contributed by atoms with Gasteiger partial charge in [-0.25, -0.2) is 0 Å². The van der Waals surface area contributed by atoms with Crippen molar-refractivity contribution in [2.24, 2.45) is 5.73 Å². The van der Waals surface area contributed by atoms with Crippen LogP contribution in [0.3, 0.4) is 0 Å². The smallest absolute Gasteiger partial charge is 0.107 e. The lowest BCUT2D eigenvalue weighted by Crippen LogP contribution is -2.29. The van der Waals surface area contributed by atoms with E-state index in [1.54, 1.807) is 11.3 Å². The molecular weight excluding hydrogens is 379 g/mol. The van der Waals surface area contributed by atoms with Crippen LogP contribution in [0.5, 0.6) is 0 Å². The molecule has 0 saturated heterocycles. The van der Waals surface area contributed by atoms with Crippen molar-refractivity contribution in [3.05, 3.63) is 54.6 Å². The molecule has 6 heteroatoms. The van der Waals surface area contributed by atoms with Crippen LogP contribution in [-0.2, 0) is 6.54 Å². The Morgan fingerprint density at radius 2 is 2.10 bits per heavy atom. The SMILES string of the molecule is CN(Cc1cccc(Cl)c1)C(CN)c1cc(Br)c(Cl)s1. The van der Waals surface area contributed by atoms with Crippen molar-refractivity contribution in [1.29, 1.82) is 0 Å². The minimum absolute atomic E-state index is 0.141. The number of nitrogens with two attached hydrogens (primary N) is 1. The van der Waals surface area contributed by atoms with E-state index in [1.807, 2.05) is 24.3 Å². The second-order valence-corrected chi connectivity index (χ2v) is 7.54. The molecule has 0 bridgehead atoms. The molecule has 1 heterocycles. The van der Waals surface area contributed by atoms with Crippen molar-refractivity contribution in [1.82, 2.24) is 4.90 Å². The summed E-state index contributed by atoms with van der Waals surface area (Å²) in [6.45, 7) is 1.33. The Morgan fingerprint density at radius 1 is 1.35 bits per heavy atom. The molecule has 108 valence electrons. The van der Waals surface area contributed by atoms with Gasteiger partial charge >= 0.3 is 0 Å². The van der Waals surface area contributed by atoms with Gasteiger partial charge in [-0.15, -0.1) is 11.3 Å². The number of nitrogens with zero attached hydrogens (tertiary/aromatic N) is 1. The molecule has 0 aliphatic rings. The molecule has 2 rings (SSSR count). The van der Waals surface area contributed by atoms with Gasteiger partial charge in [0, 0.05) is 27.5 Å². The topological polar surface area (TPSA) is 29.3 Å². The summed E-state index contributed by atoms with van der Waals surface area (Å²) in [5.41, 5.74) is 7.10. The Labute approximate surface area is 141 Å². The van der Waals surface area contributed by atoms with Crippen LogP contribution in [0.2, 0.25) is 9.36 Å². The average Bonchev–Trinajstić information content (AvgIpc) is 2.70. The summed E-state index contributed by atoms with van der Waals surface area (Å²) >= 11 is 17.1. The van der Waals surface area contributed by atoms with Crippen LogP contribution in [0.15, 0.2) is 34.8 Å². The van der Waals surface area contributed by atoms with E-state index in [4.69, 9.17) is 28.9 Å². The minimum Gasteiger partial charge on any atom is -0.329 e.